The molecule has 0 saturated heterocycles. The molecule has 2 atom stereocenters. The van der Waals surface area contributed by atoms with Gasteiger partial charge in [-0.2, -0.15) is 0 Å². The minimum Gasteiger partial charge on any atom is -0.481 e. The zero-order valence-electron chi connectivity index (χ0n) is 10.4. The zero-order chi connectivity index (χ0) is 13.8. The van der Waals surface area contributed by atoms with Crippen molar-refractivity contribution in [1.29, 1.82) is 0 Å². The van der Waals surface area contributed by atoms with Crippen molar-refractivity contribution in [2.75, 3.05) is 6.54 Å². The summed E-state index contributed by atoms with van der Waals surface area (Å²) in [6.45, 7) is 0.446. The van der Waals surface area contributed by atoms with Crippen LogP contribution < -0.4 is 5.32 Å². The second kappa shape index (κ2) is 6.36. The minimum atomic E-state index is -0.744. The Morgan fingerprint density at radius 1 is 1.37 bits per heavy atom. The van der Waals surface area contributed by atoms with Crippen molar-refractivity contribution in [2.24, 2.45) is 11.8 Å². The van der Waals surface area contributed by atoms with Gasteiger partial charge in [0.25, 0.3) is 5.91 Å². The van der Waals surface area contributed by atoms with Crippen molar-refractivity contribution in [1.82, 2.24) is 5.32 Å². The summed E-state index contributed by atoms with van der Waals surface area (Å²) < 4.78 is 1.01. The number of rotatable bonds is 4. The lowest BCUT2D eigenvalue weighted by Crippen LogP contribution is -2.33. The van der Waals surface area contributed by atoms with Crippen molar-refractivity contribution in [3.63, 3.8) is 0 Å². The molecule has 1 saturated carbocycles. The SMILES string of the molecule is O=C(NCC1CCCC1C(=O)O)c1cccc(I)c1. The first-order valence-corrected chi connectivity index (χ1v) is 7.42. The average Bonchev–Trinajstić information content (AvgIpc) is 2.84. The van der Waals surface area contributed by atoms with Crippen LogP contribution in [0.3, 0.4) is 0 Å². The van der Waals surface area contributed by atoms with Crippen LogP contribution in [0.2, 0.25) is 0 Å². The van der Waals surface area contributed by atoms with Crippen LogP contribution in [0, 0.1) is 15.4 Å². The number of amides is 1. The molecule has 1 fully saturated rings. The fourth-order valence-electron chi connectivity index (χ4n) is 2.56. The highest BCUT2D eigenvalue weighted by molar-refractivity contribution is 14.1. The van der Waals surface area contributed by atoms with Gasteiger partial charge in [-0.15, -0.1) is 0 Å². The van der Waals surface area contributed by atoms with Crippen molar-refractivity contribution in [3.05, 3.63) is 33.4 Å². The van der Waals surface area contributed by atoms with Crippen molar-refractivity contribution in [3.8, 4) is 0 Å². The summed E-state index contributed by atoms with van der Waals surface area (Å²) in [6, 6.07) is 7.35. The van der Waals surface area contributed by atoms with Crippen LogP contribution in [-0.2, 0) is 4.79 Å². The Labute approximate surface area is 125 Å². The van der Waals surface area contributed by atoms with E-state index in [0.29, 0.717) is 12.1 Å². The lowest BCUT2D eigenvalue weighted by Gasteiger charge is -2.16. The van der Waals surface area contributed by atoms with Crippen LogP contribution in [0.4, 0.5) is 0 Å². The fourth-order valence-corrected chi connectivity index (χ4v) is 3.10. The number of hydrogen-bond donors (Lipinski definition) is 2. The van der Waals surface area contributed by atoms with Crippen LogP contribution in [0.25, 0.3) is 0 Å². The van der Waals surface area contributed by atoms with Gasteiger partial charge in [-0.3, -0.25) is 9.59 Å². The highest BCUT2D eigenvalue weighted by Gasteiger charge is 2.32. The van der Waals surface area contributed by atoms with Gasteiger partial charge in [0, 0.05) is 15.7 Å². The van der Waals surface area contributed by atoms with Crippen LogP contribution in [0.5, 0.6) is 0 Å². The molecule has 102 valence electrons. The first kappa shape index (κ1) is 14.3. The van der Waals surface area contributed by atoms with Crippen LogP contribution >= 0.6 is 22.6 Å². The van der Waals surface area contributed by atoms with Crippen molar-refractivity contribution in [2.45, 2.75) is 19.3 Å². The van der Waals surface area contributed by atoms with Crippen molar-refractivity contribution < 1.29 is 14.7 Å². The third kappa shape index (κ3) is 3.68. The number of benzene rings is 1. The highest BCUT2D eigenvalue weighted by atomic mass is 127. The molecular formula is C14H16INO3. The molecule has 1 aliphatic rings. The molecule has 2 N–H and O–H groups in total. The number of halogens is 1. The quantitative estimate of drug-likeness (QED) is 0.798. The Balaban J connectivity index is 1.92. The zero-order valence-corrected chi connectivity index (χ0v) is 12.6. The topological polar surface area (TPSA) is 66.4 Å². The lowest BCUT2D eigenvalue weighted by molar-refractivity contribution is -0.142. The predicted octanol–water partition coefficient (Wildman–Crippen LogP) is 2.52. The van der Waals surface area contributed by atoms with E-state index < -0.39 is 5.97 Å². The normalized spacial score (nSPS) is 22.2. The summed E-state index contributed by atoms with van der Waals surface area (Å²) in [5.41, 5.74) is 0.622. The van der Waals surface area contributed by atoms with E-state index in [0.717, 1.165) is 22.8 Å². The van der Waals surface area contributed by atoms with Gasteiger partial charge in [-0.25, -0.2) is 0 Å². The smallest absolute Gasteiger partial charge is 0.306 e. The molecule has 2 unspecified atom stereocenters. The number of carboxylic acid groups (broad SMARTS) is 1. The molecule has 19 heavy (non-hydrogen) atoms. The second-order valence-electron chi connectivity index (χ2n) is 4.86. The molecule has 0 spiro atoms. The Hall–Kier alpha value is -1.11. The van der Waals surface area contributed by atoms with E-state index in [4.69, 9.17) is 5.11 Å². The van der Waals surface area contributed by atoms with Gasteiger partial charge in [-0.05, 0) is 59.5 Å². The van der Waals surface area contributed by atoms with E-state index in [9.17, 15) is 9.59 Å². The number of carbonyl (C=O) groups excluding carboxylic acids is 1. The van der Waals surface area contributed by atoms with Gasteiger partial charge in [0.2, 0.25) is 0 Å². The number of carboxylic acids is 1. The van der Waals surface area contributed by atoms with E-state index in [2.05, 4.69) is 27.9 Å². The summed E-state index contributed by atoms with van der Waals surface area (Å²) >= 11 is 2.16. The van der Waals surface area contributed by atoms with Crippen molar-refractivity contribution >= 4 is 34.5 Å². The molecule has 4 nitrogen and oxygen atoms in total. The molecule has 0 heterocycles. The molecule has 0 aromatic heterocycles. The average molecular weight is 373 g/mol. The number of nitrogens with one attached hydrogen (secondary N) is 1. The summed E-state index contributed by atoms with van der Waals surface area (Å²) in [7, 11) is 0. The number of hydrogen-bond acceptors (Lipinski definition) is 2. The lowest BCUT2D eigenvalue weighted by atomic mass is 9.96. The van der Waals surface area contributed by atoms with Crippen LogP contribution in [0.1, 0.15) is 29.6 Å². The summed E-state index contributed by atoms with van der Waals surface area (Å²) in [4.78, 5) is 23.0. The Morgan fingerprint density at radius 3 is 2.84 bits per heavy atom. The van der Waals surface area contributed by atoms with Gasteiger partial charge in [0.05, 0.1) is 5.92 Å². The summed E-state index contributed by atoms with van der Waals surface area (Å²) in [6.07, 6.45) is 2.53. The Kier molecular flexibility index (Phi) is 4.79. The molecule has 1 aromatic rings. The third-order valence-electron chi connectivity index (χ3n) is 3.59. The van der Waals surface area contributed by atoms with Gasteiger partial charge in [0.1, 0.15) is 0 Å². The van der Waals surface area contributed by atoms with Crippen LogP contribution in [-0.4, -0.2) is 23.5 Å². The number of aliphatic carboxylic acids is 1. The summed E-state index contributed by atoms with van der Waals surface area (Å²) in [5, 5.41) is 11.9. The minimum absolute atomic E-state index is 0.0595. The third-order valence-corrected chi connectivity index (χ3v) is 4.26. The summed E-state index contributed by atoms with van der Waals surface area (Å²) in [5.74, 6) is -1.12. The van der Waals surface area contributed by atoms with E-state index in [1.165, 1.54) is 0 Å². The Bertz CT molecular complexity index is 489. The van der Waals surface area contributed by atoms with E-state index >= 15 is 0 Å². The number of carbonyl (C=O) groups is 2. The largest absolute Gasteiger partial charge is 0.481 e. The van der Waals surface area contributed by atoms with E-state index in [-0.39, 0.29) is 17.7 Å². The maximum atomic E-state index is 12.0. The van der Waals surface area contributed by atoms with E-state index in [1.807, 2.05) is 18.2 Å². The standard InChI is InChI=1S/C14H16INO3/c15-11-5-1-3-9(7-11)13(17)16-8-10-4-2-6-12(10)14(18)19/h1,3,5,7,10,12H,2,4,6,8H2,(H,16,17)(H,18,19). The van der Waals surface area contributed by atoms with Gasteiger partial charge >= 0.3 is 5.97 Å². The molecule has 0 aliphatic heterocycles. The predicted molar refractivity (Wildman–Crippen MR) is 80.0 cm³/mol. The van der Waals surface area contributed by atoms with E-state index in [1.54, 1.807) is 6.07 Å². The van der Waals surface area contributed by atoms with Gasteiger partial charge < -0.3 is 10.4 Å². The van der Waals surface area contributed by atoms with Gasteiger partial charge in [0.15, 0.2) is 0 Å². The maximum absolute atomic E-state index is 12.0. The first-order chi connectivity index (χ1) is 9.08. The molecule has 1 amide bonds. The second-order valence-corrected chi connectivity index (χ2v) is 6.10. The Morgan fingerprint density at radius 2 is 2.16 bits per heavy atom. The molecule has 0 bridgehead atoms. The highest BCUT2D eigenvalue weighted by Crippen LogP contribution is 2.31. The molecule has 5 heteroatoms. The molecule has 1 aliphatic carbocycles. The molecule has 2 rings (SSSR count). The molecule has 1 aromatic carbocycles. The monoisotopic (exact) mass is 373 g/mol. The van der Waals surface area contributed by atoms with Gasteiger partial charge in [-0.1, -0.05) is 12.5 Å². The first-order valence-electron chi connectivity index (χ1n) is 6.34. The molecular weight excluding hydrogens is 357 g/mol. The maximum Gasteiger partial charge on any atom is 0.306 e. The fraction of sp³-hybridized carbons (Fsp3) is 0.429. The molecule has 0 radical (unpaired) electrons. The van der Waals surface area contributed by atoms with Crippen LogP contribution in [0.15, 0.2) is 24.3 Å².